The van der Waals surface area contributed by atoms with Crippen molar-refractivity contribution in [2.24, 2.45) is 5.16 Å². The number of rotatable bonds is 15. The third-order valence-electron chi connectivity index (χ3n) is 5.20. The Labute approximate surface area is 246 Å². The van der Waals surface area contributed by atoms with Gasteiger partial charge in [0.2, 0.25) is 23.3 Å². The van der Waals surface area contributed by atoms with Gasteiger partial charge < -0.3 is 30.8 Å². The zero-order valence-corrected chi connectivity index (χ0v) is 26.6. The van der Waals surface area contributed by atoms with Crippen molar-refractivity contribution in [1.82, 2.24) is 20.9 Å². The summed E-state index contributed by atoms with van der Waals surface area (Å²) in [7, 11) is -1.43. The summed E-state index contributed by atoms with van der Waals surface area (Å²) in [5.74, 6) is -2.28. The zero-order chi connectivity index (χ0) is 30.1. The molecule has 40 heavy (non-hydrogen) atoms. The van der Waals surface area contributed by atoms with E-state index in [0.717, 1.165) is 17.4 Å². The first-order chi connectivity index (χ1) is 18.6. The lowest BCUT2D eigenvalue weighted by molar-refractivity contribution is -0.167. The summed E-state index contributed by atoms with van der Waals surface area (Å²) >= 11 is 7.91. The van der Waals surface area contributed by atoms with Crippen molar-refractivity contribution in [2.45, 2.75) is 63.5 Å². The number of hydrogen-bond acceptors (Lipinski definition) is 11. The van der Waals surface area contributed by atoms with Gasteiger partial charge >= 0.3 is 5.97 Å². The summed E-state index contributed by atoms with van der Waals surface area (Å²) in [4.78, 5) is 70.5. The molecule has 2 rings (SSSR count). The SMILES string of the molecule is CC(=O)NCCS[C@H]1NC(=O)[C@H]1NC(=O)/C(=N/OC(C)(C)C(=O)OCC[Si](C)(C)C)c1csc(NC(=O)CCl)n1. The quantitative estimate of drug-likeness (QED) is 0.0423. The number of halogens is 1. The second-order valence-corrected chi connectivity index (χ2v) is 18.4. The van der Waals surface area contributed by atoms with Crippen LogP contribution in [0.5, 0.6) is 0 Å². The number of nitrogens with zero attached hydrogens (tertiary/aromatic N) is 2. The van der Waals surface area contributed by atoms with Gasteiger partial charge in [-0.25, -0.2) is 9.78 Å². The Morgan fingerprint density at radius 1 is 1.27 bits per heavy atom. The number of oxime groups is 1. The van der Waals surface area contributed by atoms with Crippen molar-refractivity contribution >= 4 is 83.2 Å². The number of ether oxygens (including phenoxy) is 1. The van der Waals surface area contributed by atoms with Crippen LogP contribution in [-0.4, -0.2) is 90.2 Å². The van der Waals surface area contributed by atoms with Crippen LogP contribution in [0.25, 0.3) is 0 Å². The summed E-state index contributed by atoms with van der Waals surface area (Å²) in [5, 5.41) is 15.6. The summed E-state index contributed by atoms with van der Waals surface area (Å²) in [6.45, 7) is 11.4. The van der Waals surface area contributed by atoms with Gasteiger partial charge in [-0.05, 0) is 19.9 Å². The molecule has 0 bridgehead atoms. The van der Waals surface area contributed by atoms with Crippen LogP contribution in [0, 0.1) is 0 Å². The van der Waals surface area contributed by atoms with Gasteiger partial charge in [0.15, 0.2) is 10.8 Å². The maximum absolute atomic E-state index is 13.3. The van der Waals surface area contributed by atoms with E-state index in [9.17, 15) is 24.0 Å². The maximum Gasteiger partial charge on any atom is 0.352 e. The molecule has 0 radical (unpaired) electrons. The predicted molar refractivity (Wildman–Crippen MR) is 157 cm³/mol. The number of aromatic nitrogens is 1. The number of carbonyl (C=O) groups excluding carboxylic acids is 5. The molecule has 222 valence electrons. The molecular weight excluding hydrogens is 600 g/mol. The van der Waals surface area contributed by atoms with E-state index in [1.165, 1.54) is 37.9 Å². The van der Waals surface area contributed by atoms with Crippen molar-refractivity contribution < 1.29 is 33.5 Å². The minimum atomic E-state index is -1.54. The molecule has 0 spiro atoms. The van der Waals surface area contributed by atoms with Crippen LogP contribution >= 0.6 is 34.7 Å². The highest BCUT2D eigenvalue weighted by atomic mass is 35.5. The van der Waals surface area contributed by atoms with Gasteiger partial charge in [0.1, 0.15) is 23.0 Å². The normalized spacial score (nSPS) is 17.3. The van der Waals surface area contributed by atoms with Crippen LogP contribution in [0.2, 0.25) is 25.7 Å². The average molecular weight is 635 g/mol. The van der Waals surface area contributed by atoms with E-state index < -0.39 is 48.8 Å². The minimum Gasteiger partial charge on any atom is -0.463 e. The molecule has 1 saturated heterocycles. The van der Waals surface area contributed by atoms with Gasteiger partial charge in [0, 0.05) is 32.7 Å². The Kier molecular flexibility index (Phi) is 12.4. The number of thioether (sulfide) groups is 1. The first kappa shape index (κ1) is 33.5. The molecule has 1 aromatic heterocycles. The molecule has 0 unspecified atom stereocenters. The molecule has 1 aliphatic heterocycles. The van der Waals surface area contributed by atoms with E-state index in [1.807, 2.05) is 0 Å². The molecule has 17 heteroatoms. The molecule has 1 fully saturated rings. The summed E-state index contributed by atoms with van der Waals surface area (Å²) in [5.41, 5.74) is -1.80. The fraction of sp³-hybridized carbons (Fsp3) is 0.609. The van der Waals surface area contributed by atoms with E-state index in [0.29, 0.717) is 12.3 Å². The van der Waals surface area contributed by atoms with Crippen LogP contribution in [0.3, 0.4) is 0 Å². The van der Waals surface area contributed by atoms with Crippen molar-refractivity contribution in [1.29, 1.82) is 0 Å². The molecule has 0 aromatic carbocycles. The molecule has 2 atom stereocenters. The standard InChI is InChI=1S/C23H35ClN6O7S2Si/c1-13(31)25-7-9-38-20-17(19(34)29-20)28-18(33)16(14-12-39-22(26-14)27-15(32)11-24)30-37-23(2,3)21(35)36-8-10-40(4,5)6/h12,17,20H,7-11H2,1-6H3,(H,25,31)(H,28,33)(H,29,34)(H,26,27,32)/b30-16+/t17-,20-/m1/s1. The highest BCUT2D eigenvalue weighted by Gasteiger charge is 2.42. The van der Waals surface area contributed by atoms with Crippen molar-refractivity contribution in [3.63, 3.8) is 0 Å². The third-order valence-corrected chi connectivity index (χ3v) is 9.09. The zero-order valence-electron chi connectivity index (χ0n) is 23.2. The third kappa shape index (κ3) is 10.7. The van der Waals surface area contributed by atoms with Crippen molar-refractivity contribution in [2.75, 3.05) is 30.1 Å². The first-order valence-electron chi connectivity index (χ1n) is 12.4. The molecule has 4 N–H and O–H groups in total. The lowest BCUT2D eigenvalue weighted by atomic mass is 10.1. The lowest BCUT2D eigenvalue weighted by Crippen LogP contribution is -2.68. The number of anilines is 1. The van der Waals surface area contributed by atoms with E-state index in [2.05, 4.69) is 51.0 Å². The number of nitrogens with one attached hydrogen (secondary N) is 4. The number of hydrogen-bond donors (Lipinski definition) is 4. The Morgan fingerprint density at radius 2 is 1.98 bits per heavy atom. The van der Waals surface area contributed by atoms with Crippen molar-refractivity contribution in [3.8, 4) is 0 Å². The van der Waals surface area contributed by atoms with Crippen molar-refractivity contribution in [3.05, 3.63) is 11.1 Å². The van der Waals surface area contributed by atoms with Gasteiger partial charge in [-0.15, -0.1) is 34.7 Å². The van der Waals surface area contributed by atoms with Gasteiger partial charge in [-0.2, -0.15) is 0 Å². The van der Waals surface area contributed by atoms with Gasteiger partial charge in [0.05, 0.1) is 6.61 Å². The topological polar surface area (TPSA) is 177 Å². The van der Waals surface area contributed by atoms with Crippen LogP contribution in [0.4, 0.5) is 5.13 Å². The Morgan fingerprint density at radius 3 is 2.58 bits per heavy atom. The largest absolute Gasteiger partial charge is 0.463 e. The molecule has 13 nitrogen and oxygen atoms in total. The van der Waals surface area contributed by atoms with Crippen LogP contribution in [0.15, 0.2) is 10.5 Å². The second-order valence-electron chi connectivity index (χ2n) is 10.4. The molecule has 0 aliphatic carbocycles. The molecule has 2 heterocycles. The van der Waals surface area contributed by atoms with Gasteiger partial charge in [0.25, 0.3) is 5.91 Å². The number of amides is 4. The predicted octanol–water partition coefficient (Wildman–Crippen LogP) is 1.51. The van der Waals surface area contributed by atoms with Crippen LogP contribution in [-0.2, 0) is 33.5 Å². The fourth-order valence-electron chi connectivity index (χ4n) is 2.87. The van der Waals surface area contributed by atoms with Crippen LogP contribution < -0.4 is 21.3 Å². The molecule has 0 saturated carbocycles. The summed E-state index contributed by atoms with van der Waals surface area (Å²) in [6, 6.07) is -0.108. The highest BCUT2D eigenvalue weighted by molar-refractivity contribution is 8.00. The number of thiazole rings is 1. The molecular formula is C23H35ClN6O7S2Si. The summed E-state index contributed by atoms with van der Waals surface area (Å²) in [6.07, 6.45) is 0. The number of esters is 1. The number of carbonyl (C=O) groups is 5. The van der Waals surface area contributed by atoms with Crippen LogP contribution in [0.1, 0.15) is 26.5 Å². The first-order valence-corrected chi connectivity index (χ1v) is 18.5. The average Bonchev–Trinajstić information content (AvgIpc) is 3.31. The van der Waals surface area contributed by atoms with E-state index >= 15 is 0 Å². The van der Waals surface area contributed by atoms with E-state index in [4.69, 9.17) is 21.2 Å². The van der Waals surface area contributed by atoms with E-state index in [-0.39, 0.29) is 34.9 Å². The number of alkyl halides is 1. The molecule has 1 aromatic rings. The molecule has 4 amide bonds. The Bertz CT molecular complexity index is 1140. The Hall–Kier alpha value is -2.69. The lowest BCUT2D eigenvalue weighted by Gasteiger charge is -2.36. The summed E-state index contributed by atoms with van der Waals surface area (Å²) < 4.78 is 5.37. The van der Waals surface area contributed by atoms with E-state index in [1.54, 1.807) is 0 Å². The highest BCUT2D eigenvalue weighted by Crippen LogP contribution is 2.22. The smallest absolute Gasteiger partial charge is 0.352 e. The second kappa shape index (κ2) is 14.8. The number of β-lactam (4-membered cyclic amide) rings is 1. The monoisotopic (exact) mass is 634 g/mol. The molecule has 1 aliphatic rings. The van der Waals surface area contributed by atoms with Gasteiger partial charge in [-0.3, -0.25) is 19.2 Å². The minimum absolute atomic E-state index is 0.0462. The van der Waals surface area contributed by atoms with Gasteiger partial charge in [-0.1, -0.05) is 24.8 Å². The Balaban J connectivity index is 2.19. The maximum atomic E-state index is 13.3. The fourth-order valence-corrected chi connectivity index (χ4v) is 5.42.